The van der Waals surface area contributed by atoms with Crippen molar-refractivity contribution in [2.75, 3.05) is 18.1 Å². The topological polar surface area (TPSA) is 55.6 Å². The average Bonchev–Trinajstić information content (AvgIpc) is 2.52. The van der Waals surface area contributed by atoms with Crippen molar-refractivity contribution in [1.29, 1.82) is 0 Å². The number of fused-ring (bicyclic) bond motifs is 1. The van der Waals surface area contributed by atoms with Crippen LogP contribution in [-0.2, 0) is 4.79 Å². The van der Waals surface area contributed by atoms with Gasteiger partial charge in [0.1, 0.15) is 5.75 Å². The molecule has 1 aliphatic heterocycles. The number of benzene rings is 2. The van der Waals surface area contributed by atoms with Gasteiger partial charge in [-0.1, -0.05) is 35.9 Å². The van der Waals surface area contributed by atoms with E-state index in [9.17, 15) is 4.79 Å². The number of nitrogens with two attached hydrogens (primary N) is 1. The molecule has 1 amide bonds. The first kappa shape index (κ1) is 14.6. The monoisotopic (exact) mass is 296 g/mol. The second kappa shape index (κ2) is 5.81. The highest BCUT2D eigenvalue weighted by molar-refractivity contribution is 5.97. The zero-order chi connectivity index (χ0) is 15.7. The number of hydrogen-bond donors (Lipinski definition) is 1. The molecule has 22 heavy (non-hydrogen) atoms. The summed E-state index contributed by atoms with van der Waals surface area (Å²) in [5.74, 6) is 0.676. The zero-order valence-electron chi connectivity index (χ0n) is 12.9. The molecule has 0 spiro atoms. The Labute approximate surface area is 130 Å². The maximum absolute atomic E-state index is 12.2. The van der Waals surface area contributed by atoms with Gasteiger partial charge in [-0.15, -0.1) is 0 Å². The highest BCUT2D eigenvalue weighted by Gasteiger charge is 2.27. The molecular weight excluding hydrogens is 276 g/mol. The number of ether oxygens (including phenoxy) is 1. The summed E-state index contributed by atoms with van der Waals surface area (Å²) in [5, 5.41) is 0. The molecule has 0 saturated carbocycles. The summed E-state index contributed by atoms with van der Waals surface area (Å²) in [7, 11) is 0. The van der Waals surface area contributed by atoms with Crippen molar-refractivity contribution < 1.29 is 9.53 Å². The second-order valence-electron chi connectivity index (χ2n) is 5.73. The fourth-order valence-electron chi connectivity index (χ4n) is 2.81. The molecular formula is C18H20N2O2. The van der Waals surface area contributed by atoms with Gasteiger partial charge >= 0.3 is 0 Å². The third-order valence-corrected chi connectivity index (χ3v) is 4.02. The summed E-state index contributed by atoms with van der Waals surface area (Å²) in [6.45, 7) is 4.61. The highest BCUT2D eigenvalue weighted by atomic mass is 16.5. The minimum Gasteiger partial charge on any atom is -0.482 e. The van der Waals surface area contributed by atoms with E-state index in [0.29, 0.717) is 6.54 Å². The van der Waals surface area contributed by atoms with Crippen molar-refractivity contribution in [3.63, 3.8) is 0 Å². The lowest BCUT2D eigenvalue weighted by molar-refractivity contribution is -0.121. The van der Waals surface area contributed by atoms with Crippen molar-refractivity contribution in [2.45, 2.75) is 19.9 Å². The zero-order valence-corrected chi connectivity index (χ0v) is 12.9. The van der Waals surface area contributed by atoms with Crippen molar-refractivity contribution in [3.05, 3.63) is 59.2 Å². The van der Waals surface area contributed by atoms with Gasteiger partial charge in [-0.2, -0.15) is 0 Å². The number of aryl methyl sites for hydroxylation is 2. The lowest BCUT2D eigenvalue weighted by atomic mass is 9.99. The molecule has 0 fully saturated rings. The van der Waals surface area contributed by atoms with Gasteiger partial charge in [-0.05, 0) is 37.1 Å². The van der Waals surface area contributed by atoms with Crippen LogP contribution in [0.5, 0.6) is 5.75 Å². The van der Waals surface area contributed by atoms with Crippen LogP contribution in [0.25, 0.3) is 0 Å². The largest absolute Gasteiger partial charge is 0.482 e. The predicted molar refractivity (Wildman–Crippen MR) is 87.1 cm³/mol. The van der Waals surface area contributed by atoms with E-state index in [4.69, 9.17) is 10.5 Å². The standard InChI is InChI=1S/C18H20N2O2/c1-12-7-8-13(2)14(9-12)15(19)10-20-16-5-3-4-6-17(16)22-11-18(20)21/h3-9,15H,10-11,19H2,1-2H3. The first-order valence-corrected chi connectivity index (χ1v) is 7.41. The van der Waals surface area contributed by atoms with Gasteiger partial charge in [-0.25, -0.2) is 0 Å². The Bertz CT molecular complexity index is 712. The molecule has 0 aliphatic carbocycles. The number of rotatable bonds is 3. The van der Waals surface area contributed by atoms with Crippen molar-refractivity contribution >= 4 is 11.6 Å². The fraction of sp³-hybridized carbons (Fsp3) is 0.278. The number of carbonyl (C=O) groups is 1. The molecule has 0 radical (unpaired) electrons. The Morgan fingerprint density at radius 1 is 1.23 bits per heavy atom. The molecule has 3 rings (SSSR count). The number of nitrogens with zero attached hydrogens (tertiary/aromatic N) is 1. The Hall–Kier alpha value is -2.33. The highest BCUT2D eigenvalue weighted by Crippen LogP contribution is 2.32. The van der Waals surface area contributed by atoms with Crippen LogP contribution in [0.2, 0.25) is 0 Å². The van der Waals surface area contributed by atoms with Gasteiger partial charge in [0.2, 0.25) is 0 Å². The molecule has 2 aromatic carbocycles. The molecule has 2 N–H and O–H groups in total. The van der Waals surface area contributed by atoms with Crippen LogP contribution in [0.4, 0.5) is 5.69 Å². The van der Waals surface area contributed by atoms with E-state index in [0.717, 1.165) is 22.6 Å². The first-order chi connectivity index (χ1) is 10.6. The summed E-state index contributed by atoms with van der Waals surface area (Å²) in [6.07, 6.45) is 0. The lowest BCUT2D eigenvalue weighted by Crippen LogP contribution is -2.42. The van der Waals surface area contributed by atoms with E-state index < -0.39 is 0 Å². The maximum Gasteiger partial charge on any atom is 0.265 e. The number of para-hydroxylation sites is 2. The third kappa shape index (κ3) is 2.70. The minimum absolute atomic E-state index is 0.0561. The molecule has 1 heterocycles. The molecule has 2 aromatic rings. The van der Waals surface area contributed by atoms with Gasteiger partial charge in [0, 0.05) is 12.6 Å². The molecule has 114 valence electrons. The smallest absolute Gasteiger partial charge is 0.265 e. The molecule has 0 bridgehead atoms. The quantitative estimate of drug-likeness (QED) is 0.947. The first-order valence-electron chi connectivity index (χ1n) is 7.41. The summed E-state index contributed by atoms with van der Waals surface area (Å²) in [5.41, 5.74) is 10.6. The summed E-state index contributed by atoms with van der Waals surface area (Å²) >= 11 is 0. The molecule has 0 saturated heterocycles. The SMILES string of the molecule is Cc1ccc(C)c(C(N)CN2C(=O)COc3ccccc32)c1. The van der Waals surface area contributed by atoms with E-state index in [1.165, 1.54) is 5.56 Å². The molecule has 4 heteroatoms. The van der Waals surface area contributed by atoms with Crippen LogP contribution in [0.1, 0.15) is 22.7 Å². The number of hydrogen-bond acceptors (Lipinski definition) is 3. The molecule has 0 aromatic heterocycles. The Balaban J connectivity index is 1.89. The van der Waals surface area contributed by atoms with Crippen molar-refractivity contribution in [1.82, 2.24) is 0 Å². The minimum atomic E-state index is -0.227. The molecule has 1 atom stereocenters. The van der Waals surface area contributed by atoms with Crippen LogP contribution in [0, 0.1) is 13.8 Å². The Morgan fingerprint density at radius 3 is 2.82 bits per heavy atom. The van der Waals surface area contributed by atoms with Gasteiger partial charge in [0.15, 0.2) is 6.61 Å². The van der Waals surface area contributed by atoms with E-state index >= 15 is 0 Å². The molecule has 1 aliphatic rings. The molecule has 1 unspecified atom stereocenters. The summed E-state index contributed by atoms with van der Waals surface area (Å²) in [6, 6.07) is 13.6. The van der Waals surface area contributed by atoms with Crippen LogP contribution in [-0.4, -0.2) is 19.1 Å². The number of carbonyl (C=O) groups excluding carboxylic acids is 1. The van der Waals surface area contributed by atoms with Gasteiger partial charge in [0.25, 0.3) is 5.91 Å². The Kier molecular flexibility index (Phi) is 3.86. The van der Waals surface area contributed by atoms with Crippen LogP contribution < -0.4 is 15.4 Å². The predicted octanol–water partition coefficient (Wildman–Crippen LogP) is 2.73. The van der Waals surface area contributed by atoms with Crippen molar-refractivity contribution in [2.24, 2.45) is 5.73 Å². The van der Waals surface area contributed by atoms with E-state index in [1.54, 1.807) is 4.90 Å². The van der Waals surface area contributed by atoms with Gasteiger partial charge in [-0.3, -0.25) is 4.79 Å². The van der Waals surface area contributed by atoms with Crippen LogP contribution >= 0.6 is 0 Å². The average molecular weight is 296 g/mol. The van der Waals surface area contributed by atoms with Crippen molar-refractivity contribution in [3.8, 4) is 5.75 Å². The fourth-order valence-corrected chi connectivity index (χ4v) is 2.81. The van der Waals surface area contributed by atoms with Gasteiger partial charge in [0.05, 0.1) is 5.69 Å². The van der Waals surface area contributed by atoms with Gasteiger partial charge < -0.3 is 15.4 Å². The van der Waals surface area contributed by atoms with E-state index in [1.807, 2.05) is 38.1 Å². The lowest BCUT2D eigenvalue weighted by Gasteiger charge is -2.31. The van der Waals surface area contributed by atoms with E-state index in [2.05, 4.69) is 18.2 Å². The summed E-state index contributed by atoms with van der Waals surface area (Å²) < 4.78 is 5.46. The van der Waals surface area contributed by atoms with Crippen LogP contribution in [0.3, 0.4) is 0 Å². The summed E-state index contributed by atoms with van der Waals surface area (Å²) in [4.78, 5) is 13.9. The third-order valence-electron chi connectivity index (χ3n) is 4.02. The second-order valence-corrected chi connectivity index (χ2v) is 5.73. The van der Waals surface area contributed by atoms with E-state index in [-0.39, 0.29) is 18.6 Å². The normalized spacial score (nSPS) is 15.2. The van der Waals surface area contributed by atoms with Crippen LogP contribution in [0.15, 0.2) is 42.5 Å². The Morgan fingerprint density at radius 2 is 2.00 bits per heavy atom. The molecule has 4 nitrogen and oxygen atoms in total. The maximum atomic E-state index is 12.2. The number of amides is 1. The number of anilines is 1.